The smallest absolute Gasteiger partial charge is 0.234 e. The first kappa shape index (κ1) is 6.81. The van der Waals surface area contributed by atoms with Crippen molar-refractivity contribution in [2.75, 3.05) is 7.05 Å². The lowest BCUT2D eigenvalue weighted by atomic mass is 10.3. The van der Waals surface area contributed by atoms with Crippen molar-refractivity contribution >= 4 is 12.0 Å². The summed E-state index contributed by atoms with van der Waals surface area (Å²) < 4.78 is 1.86. The Labute approximate surface area is 60.6 Å². The molecule has 52 valence electrons. The number of hydrogen-bond donors (Lipinski definition) is 1. The second-order valence-corrected chi connectivity index (χ2v) is 2.10. The molecule has 2 heteroatoms. The molecule has 0 unspecified atom stereocenters. The number of nitrogens with two attached hydrogens (primary N) is 1. The largest absolute Gasteiger partial charge is 0.293 e. The first-order chi connectivity index (χ1) is 4.84. The molecule has 0 saturated carbocycles. The van der Waals surface area contributed by atoms with Crippen LogP contribution in [0.25, 0.3) is 0 Å². The van der Waals surface area contributed by atoms with Gasteiger partial charge in [-0.15, -0.1) is 0 Å². The summed E-state index contributed by atoms with van der Waals surface area (Å²) in [6, 6.07) is 9.95. The van der Waals surface area contributed by atoms with Crippen LogP contribution in [0, 0.1) is 0 Å². The molecule has 0 aliphatic heterocycles. The highest BCUT2D eigenvalue weighted by Crippen LogP contribution is 2.06. The highest BCUT2D eigenvalue weighted by molar-refractivity contribution is 5.48. The van der Waals surface area contributed by atoms with Crippen LogP contribution in [0.4, 0.5) is 5.69 Å². The molecular weight excluding hydrogens is 124 g/mol. The highest BCUT2D eigenvalue weighted by Gasteiger charge is 1.92. The second-order valence-electron chi connectivity index (χ2n) is 2.10. The molecule has 0 radical (unpaired) electrons. The fourth-order valence-electron chi connectivity index (χ4n) is 0.749. The van der Waals surface area contributed by atoms with E-state index in [9.17, 15) is 0 Å². The van der Waals surface area contributed by atoms with E-state index in [1.807, 2.05) is 42.0 Å². The third-order valence-electron chi connectivity index (χ3n) is 1.39. The van der Waals surface area contributed by atoms with Gasteiger partial charge in [-0.3, -0.25) is 5.73 Å². The molecule has 2 N–H and O–H groups in total. The summed E-state index contributed by atoms with van der Waals surface area (Å²) in [5.74, 6) is 0. The van der Waals surface area contributed by atoms with E-state index in [1.165, 1.54) is 6.34 Å². The number of para-hydroxylation sites is 1. The van der Waals surface area contributed by atoms with Crippen molar-refractivity contribution in [2.24, 2.45) is 5.73 Å². The van der Waals surface area contributed by atoms with E-state index in [0.29, 0.717) is 0 Å². The quantitative estimate of drug-likeness (QED) is 0.346. The number of hydrogen-bond acceptors (Lipinski definition) is 0. The van der Waals surface area contributed by atoms with Crippen LogP contribution in [0.5, 0.6) is 0 Å². The van der Waals surface area contributed by atoms with Gasteiger partial charge < -0.3 is 0 Å². The van der Waals surface area contributed by atoms with Gasteiger partial charge in [0.1, 0.15) is 5.69 Å². The highest BCUT2D eigenvalue weighted by atomic mass is 15.0. The van der Waals surface area contributed by atoms with Crippen LogP contribution in [0.15, 0.2) is 30.3 Å². The summed E-state index contributed by atoms with van der Waals surface area (Å²) in [4.78, 5) is 0. The van der Waals surface area contributed by atoms with Crippen molar-refractivity contribution < 1.29 is 4.58 Å². The molecule has 2 nitrogen and oxygen atoms in total. The molecule has 0 amide bonds. The van der Waals surface area contributed by atoms with E-state index in [2.05, 4.69) is 0 Å². The molecule has 1 aromatic rings. The lowest BCUT2D eigenvalue weighted by molar-refractivity contribution is -0.400. The minimum absolute atomic E-state index is 1.10. The van der Waals surface area contributed by atoms with Gasteiger partial charge in [-0.05, 0) is 12.1 Å². The fraction of sp³-hybridized carbons (Fsp3) is 0.125. The SMILES string of the molecule is C[N+](=CN)c1ccccc1. The maximum absolute atomic E-state index is 5.30. The lowest BCUT2D eigenvalue weighted by Crippen LogP contribution is -2.06. The lowest BCUT2D eigenvalue weighted by Gasteiger charge is -1.95. The summed E-state index contributed by atoms with van der Waals surface area (Å²) >= 11 is 0. The summed E-state index contributed by atoms with van der Waals surface area (Å²) in [5.41, 5.74) is 6.41. The molecule has 0 atom stereocenters. The third kappa shape index (κ3) is 1.35. The first-order valence-electron chi connectivity index (χ1n) is 3.17. The molecule has 1 rings (SSSR count). The normalized spacial score (nSPS) is 11.5. The van der Waals surface area contributed by atoms with Gasteiger partial charge in [-0.25, -0.2) is 4.58 Å². The zero-order valence-electron chi connectivity index (χ0n) is 5.99. The van der Waals surface area contributed by atoms with Crippen LogP contribution in [-0.2, 0) is 0 Å². The van der Waals surface area contributed by atoms with Crippen molar-refractivity contribution in [1.82, 2.24) is 0 Å². The molecule has 0 heterocycles. The van der Waals surface area contributed by atoms with Crippen molar-refractivity contribution in [3.63, 3.8) is 0 Å². The summed E-state index contributed by atoms with van der Waals surface area (Å²) in [6.45, 7) is 0. The predicted octanol–water partition coefficient (Wildman–Crippen LogP) is 0.947. The van der Waals surface area contributed by atoms with E-state index in [-0.39, 0.29) is 0 Å². The monoisotopic (exact) mass is 135 g/mol. The van der Waals surface area contributed by atoms with Gasteiger partial charge in [0.2, 0.25) is 6.34 Å². The Bertz CT molecular complexity index is 226. The van der Waals surface area contributed by atoms with Crippen LogP contribution < -0.4 is 5.73 Å². The maximum Gasteiger partial charge on any atom is 0.234 e. The molecule has 0 bridgehead atoms. The molecule has 0 aromatic heterocycles. The van der Waals surface area contributed by atoms with Gasteiger partial charge in [0, 0.05) is 0 Å². The predicted molar refractivity (Wildman–Crippen MR) is 42.5 cm³/mol. The van der Waals surface area contributed by atoms with E-state index in [1.54, 1.807) is 0 Å². The Morgan fingerprint density at radius 3 is 2.40 bits per heavy atom. The summed E-state index contributed by atoms with van der Waals surface area (Å²) in [7, 11) is 1.91. The molecule has 0 aliphatic carbocycles. The van der Waals surface area contributed by atoms with E-state index < -0.39 is 0 Å². The van der Waals surface area contributed by atoms with Crippen molar-refractivity contribution in [1.29, 1.82) is 0 Å². The van der Waals surface area contributed by atoms with Crippen LogP contribution >= 0.6 is 0 Å². The number of nitrogens with zero attached hydrogens (tertiary/aromatic N) is 1. The Morgan fingerprint density at radius 1 is 1.30 bits per heavy atom. The van der Waals surface area contributed by atoms with E-state index in [0.717, 1.165) is 5.69 Å². The zero-order valence-corrected chi connectivity index (χ0v) is 5.99. The molecule has 0 spiro atoms. The zero-order chi connectivity index (χ0) is 7.40. The van der Waals surface area contributed by atoms with Gasteiger partial charge in [-0.1, -0.05) is 18.2 Å². The minimum Gasteiger partial charge on any atom is -0.293 e. The average Bonchev–Trinajstić information content (AvgIpc) is 2.05. The van der Waals surface area contributed by atoms with Crippen LogP contribution in [0.1, 0.15) is 0 Å². The standard InChI is InChI=1S/C8H10N2/c1-10(7-9)8-5-3-2-4-6-8/h2-7,9H,1H3/p+1. The van der Waals surface area contributed by atoms with Gasteiger partial charge in [0.15, 0.2) is 0 Å². The maximum atomic E-state index is 5.30. The molecule has 0 saturated heterocycles. The third-order valence-corrected chi connectivity index (χ3v) is 1.39. The van der Waals surface area contributed by atoms with Crippen molar-refractivity contribution in [3.8, 4) is 0 Å². The molecule has 10 heavy (non-hydrogen) atoms. The number of benzene rings is 1. The average molecular weight is 135 g/mol. The van der Waals surface area contributed by atoms with Gasteiger partial charge in [0.05, 0.1) is 7.05 Å². The molecular formula is C8H11N2+. The van der Waals surface area contributed by atoms with Gasteiger partial charge in [-0.2, -0.15) is 0 Å². The summed E-state index contributed by atoms with van der Waals surface area (Å²) in [6.07, 6.45) is 1.54. The molecule has 0 aliphatic rings. The first-order valence-corrected chi connectivity index (χ1v) is 3.17. The Hall–Kier alpha value is -1.31. The summed E-state index contributed by atoms with van der Waals surface area (Å²) in [5, 5.41) is 0. The second kappa shape index (κ2) is 3.01. The van der Waals surface area contributed by atoms with E-state index in [4.69, 9.17) is 5.73 Å². The van der Waals surface area contributed by atoms with Crippen LogP contribution in [-0.4, -0.2) is 18.0 Å². The van der Waals surface area contributed by atoms with Gasteiger partial charge in [0.25, 0.3) is 0 Å². The molecule has 0 fully saturated rings. The van der Waals surface area contributed by atoms with Crippen molar-refractivity contribution in [3.05, 3.63) is 30.3 Å². The minimum atomic E-state index is 1.10. The Balaban J connectivity index is 2.96. The Kier molecular flexibility index (Phi) is 2.05. The van der Waals surface area contributed by atoms with E-state index >= 15 is 0 Å². The molecule has 1 aromatic carbocycles. The Morgan fingerprint density at radius 2 is 1.90 bits per heavy atom. The number of rotatable bonds is 1. The van der Waals surface area contributed by atoms with Crippen LogP contribution in [0.2, 0.25) is 0 Å². The fourth-order valence-corrected chi connectivity index (χ4v) is 0.749. The van der Waals surface area contributed by atoms with Crippen LogP contribution in [0.3, 0.4) is 0 Å². The topological polar surface area (TPSA) is 29.0 Å². The van der Waals surface area contributed by atoms with Crippen molar-refractivity contribution in [2.45, 2.75) is 0 Å². The van der Waals surface area contributed by atoms with Gasteiger partial charge >= 0.3 is 0 Å².